The first-order valence-corrected chi connectivity index (χ1v) is 9.30. The number of amides is 1. The van der Waals surface area contributed by atoms with Gasteiger partial charge in [-0.1, -0.05) is 67.9 Å². The highest BCUT2D eigenvalue weighted by atomic mass is 32.1. The van der Waals surface area contributed by atoms with Crippen LogP contribution in [0, 0.1) is 6.92 Å². The molecule has 1 aromatic heterocycles. The van der Waals surface area contributed by atoms with Crippen LogP contribution in [-0.4, -0.2) is 10.9 Å². The Labute approximate surface area is 152 Å². The van der Waals surface area contributed by atoms with Crippen LogP contribution in [0.2, 0.25) is 0 Å². The van der Waals surface area contributed by atoms with Gasteiger partial charge in [0.05, 0.1) is 12.1 Å². The van der Waals surface area contributed by atoms with Crippen LogP contribution in [0.4, 0.5) is 5.13 Å². The predicted molar refractivity (Wildman–Crippen MR) is 105 cm³/mol. The number of nitrogens with zero attached hydrogens (tertiary/aromatic N) is 1. The lowest BCUT2D eigenvalue weighted by molar-refractivity contribution is -0.115. The lowest BCUT2D eigenvalue weighted by Crippen LogP contribution is -2.14. The highest BCUT2D eigenvalue weighted by Gasteiger charge is 2.09. The minimum atomic E-state index is -0.0397. The van der Waals surface area contributed by atoms with E-state index in [4.69, 9.17) is 0 Å². The number of aryl methyl sites for hydroxylation is 1. The number of rotatable bonds is 5. The summed E-state index contributed by atoms with van der Waals surface area (Å²) in [5, 5.41) is 5.51. The largest absolute Gasteiger partial charge is 0.302 e. The van der Waals surface area contributed by atoms with Crippen molar-refractivity contribution in [2.75, 3.05) is 5.32 Å². The van der Waals surface area contributed by atoms with E-state index in [2.05, 4.69) is 55.3 Å². The number of aromatic nitrogens is 1. The van der Waals surface area contributed by atoms with Gasteiger partial charge in [-0.2, -0.15) is 0 Å². The van der Waals surface area contributed by atoms with Crippen molar-refractivity contribution in [2.24, 2.45) is 0 Å². The van der Waals surface area contributed by atoms with E-state index in [1.54, 1.807) is 0 Å². The molecule has 0 fully saturated rings. The van der Waals surface area contributed by atoms with Crippen LogP contribution in [-0.2, 0) is 11.2 Å². The third-order valence-electron chi connectivity index (χ3n) is 4.11. The number of nitrogens with one attached hydrogen (secondary N) is 1. The summed E-state index contributed by atoms with van der Waals surface area (Å²) < 4.78 is 0. The number of hydrogen-bond acceptors (Lipinski definition) is 3. The molecule has 0 aliphatic heterocycles. The molecule has 3 rings (SSSR count). The topological polar surface area (TPSA) is 42.0 Å². The third-order valence-corrected chi connectivity index (χ3v) is 4.87. The Morgan fingerprint density at radius 1 is 1.08 bits per heavy atom. The summed E-state index contributed by atoms with van der Waals surface area (Å²) >= 11 is 1.45. The van der Waals surface area contributed by atoms with Gasteiger partial charge in [0.25, 0.3) is 0 Å². The number of carbonyl (C=O) groups excluding carboxylic acids is 1. The average molecular weight is 350 g/mol. The lowest BCUT2D eigenvalue weighted by Gasteiger charge is -2.06. The van der Waals surface area contributed by atoms with E-state index in [1.807, 2.05) is 29.6 Å². The molecule has 1 heterocycles. The minimum absolute atomic E-state index is 0.0397. The Morgan fingerprint density at radius 3 is 2.40 bits per heavy atom. The Balaban J connectivity index is 1.62. The van der Waals surface area contributed by atoms with E-state index in [9.17, 15) is 4.79 Å². The molecule has 0 atom stereocenters. The van der Waals surface area contributed by atoms with E-state index < -0.39 is 0 Å². The SMILES string of the molecule is Cc1ccc(-c2csc(NC(=O)Cc3ccc(C(C)C)cc3)n2)cc1. The van der Waals surface area contributed by atoms with E-state index in [0.717, 1.165) is 16.8 Å². The van der Waals surface area contributed by atoms with Crippen LogP contribution in [0.1, 0.15) is 36.5 Å². The van der Waals surface area contributed by atoms with Crippen LogP contribution in [0.5, 0.6) is 0 Å². The van der Waals surface area contributed by atoms with Crippen molar-refractivity contribution >= 4 is 22.4 Å². The molecule has 0 saturated carbocycles. The van der Waals surface area contributed by atoms with Crippen LogP contribution >= 0.6 is 11.3 Å². The first-order valence-electron chi connectivity index (χ1n) is 8.42. The van der Waals surface area contributed by atoms with Crippen molar-refractivity contribution in [3.8, 4) is 11.3 Å². The van der Waals surface area contributed by atoms with E-state index in [-0.39, 0.29) is 5.91 Å². The molecular formula is C21H22N2OS. The van der Waals surface area contributed by atoms with Gasteiger partial charge in [0.1, 0.15) is 0 Å². The van der Waals surface area contributed by atoms with Gasteiger partial charge in [0.15, 0.2) is 5.13 Å². The Kier molecular flexibility index (Phi) is 5.29. The molecule has 0 aliphatic carbocycles. The van der Waals surface area contributed by atoms with Gasteiger partial charge < -0.3 is 5.32 Å². The van der Waals surface area contributed by atoms with E-state index in [0.29, 0.717) is 17.5 Å². The second-order valence-corrected chi connectivity index (χ2v) is 7.38. The fraction of sp³-hybridized carbons (Fsp3) is 0.238. The van der Waals surface area contributed by atoms with Crippen molar-refractivity contribution < 1.29 is 4.79 Å². The molecule has 128 valence electrons. The molecule has 0 bridgehead atoms. The summed E-state index contributed by atoms with van der Waals surface area (Å²) in [4.78, 5) is 16.8. The molecule has 2 aromatic carbocycles. The number of anilines is 1. The van der Waals surface area contributed by atoms with Crippen LogP contribution in [0.15, 0.2) is 53.9 Å². The van der Waals surface area contributed by atoms with E-state index >= 15 is 0 Å². The highest BCUT2D eigenvalue weighted by molar-refractivity contribution is 7.14. The number of benzene rings is 2. The number of thiazole rings is 1. The third kappa shape index (κ3) is 4.54. The lowest BCUT2D eigenvalue weighted by atomic mass is 10.0. The zero-order chi connectivity index (χ0) is 17.8. The smallest absolute Gasteiger partial charge is 0.230 e. The van der Waals surface area contributed by atoms with Gasteiger partial charge in [0.2, 0.25) is 5.91 Å². The van der Waals surface area contributed by atoms with Gasteiger partial charge in [-0.3, -0.25) is 4.79 Å². The Hall–Kier alpha value is -2.46. The van der Waals surface area contributed by atoms with Gasteiger partial charge in [-0.05, 0) is 24.0 Å². The van der Waals surface area contributed by atoms with Gasteiger partial charge in [0, 0.05) is 10.9 Å². The van der Waals surface area contributed by atoms with Gasteiger partial charge in [-0.15, -0.1) is 11.3 Å². The van der Waals surface area contributed by atoms with Crippen molar-refractivity contribution in [1.82, 2.24) is 4.98 Å². The number of carbonyl (C=O) groups is 1. The average Bonchev–Trinajstić information content (AvgIpc) is 3.04. The molecule has 3 aromatic rings. The zero-order valence-electron chi connectivity index (χ0n) is 14.7. The van der Waals surface area contributed by atoms with Gasteiger partial charge in [-0.25, -0.2) is 4.98 Å². The molecular weight excluding hydrogens is 328 g/mol. The summed E-state index contributed by atoms with van der Waals surface area (Å²) in [6.07, 6.45) is 0.359. The van der Waals surface area contributed by atoms with Crippen molar-refractivity contribution in [3.05, 3.63) is 70.6 Å². The standard InChI is InChI=1S/C21H22N2OS/c1-14(2)17-10-6-16(7-11-17)12-20(24)23-21-22-19(13-25-21)18-8-4-15(3)5-9-18/h4-11,13-14H,12H2,1-3H3,(H,22,23,24). The summed E-state index contributed by atoms with van der Waals surface area (Å²) in [7, 11) is 0. The predicted octanol–water partition coefficient (Wildman–Crippen LogP) is 5.42. The second-order valence-electron chi connectivity index (χ2n) is 6.53. The zero-order valence-corrected chi connectivity index (χ0v) is 15.6. The fourth-order valence-corrected chi connectivity index (χ4v) is 3.29. The first-order chi connectivity index (χ1) is 12.0. The summed E-state index contributed by atoms with van der Waals surface area (Å²) in [5.74, 6) is 0.459. The summed E-state index contributed by atoms with van der Waals surface area (Å²) in [6, 6.07) is 16.4. The van der Waals surface area contributed by atoms with Crippen molar-refractivity contribution in [1.29, 1.82) is 0 Å². The molecule has 25 heavy (non-hydrogen) atoms. The Morgan fingerprint density at radius 2 is 1.76 bits per heavy atom. The monoisotopic (exact) mass is 350 g/mol. The molecule has 0 unspecified atom stereocenters. The number of hydrogen-bond donors (Lipinski definition) is 1. The molecule has 0 spiro atoms. The summed E-state index contributed by atoms with van der Waals surface area (Å²) in [6.45, 7) is 6.38. The van der Waals surface area contributed by atoms with Crippen LogP contribution in [0.25, 0.3) is 11.3 Å². The summed E-state index contributed by atoms with van der Waals surface area (Å²) in [5.41, 5.74) is 5.47. The molecule has 0 radical (unpaired) electrons. The van der Waals surface area contributed by atoms with Crippen molar-refractivity contribution in [2.45, 2.75) is 33.1 Å². The molecule has 0 saturated heterocycles. The fourth-order valence-electron chi connectivity index (χ4n) is 2.56. The maximum atomic E-state index is 12.2. The maximum Gasteiger partial charge on any atom is 0.230 e. The van der Waals surface area contributed by atoms with Gasteiger partial charge >= 0.3 is 0 Å². The second kappa shape index (κ2) is 7.62. The van der Waals surface area contributed by atoms with Crippen LogP contribution < -0.4 is 5.32 Å². The van der Waals surface area contributed by atoms with Crippen LogP contribution in [0.3, 0.4) is 0 Å². The Bertz CT molecular complexity index is 848. The van der Waals surface area contributed by atoms with Crippen molar-refractivity contribution in [3.63, 3.8) is 0 Å². The molecule has 3 nitrogen and oxygen atoms in total. The molecule has 1 N–H and O–H groups in total. The van der Waals surface area contributed by atoms with E-state index in [1.165, 1.54) is 22.5 Å². The minimum Gasteiger partial charge on any atom is -0.302 e. The molecule has 4 heteroatoms. The molecule has 0 aliphatic rings. The normalized spacial score (nSPS) is 10.9. The first kappa shape index (κ1) is 17.4. The molecule has 1 amide bonds. The highest BCUT2D eigenvalue weighted by Crippen LogP contribution is 2.25. The maximum absolute atomic E-state index is 12.2. The quantitative estimate of drug-likeness (QED) is 0.667.